The quantitative estimate of drug-likeness (QED) is 0.767. The summed E-state index contributed by atoms with van der Waals surface area (Å²) in [6, 6.07) is 6.49. The highest BCUT2D eigenvalue weighted by Crippen LogP contribution is 2.38. The molecule has 1 aromatic rings. The van der Waals surface area contributed by atoms with Gasteiger partial charge in [-0.2, -0.15) is 10.2 Å². The van der Waals surface area contributed by atoms with Gasteiger partial charge in [0.25, 0.3) is 0 Å². The van der Waals surface area contributed by atoms with Crippen LogP contribution in [-0.2, 0) is 16.9 Å². The molecule has 5 heteroatoms. The van der Waals surface area contributed by atoms with Gasteiger partial charge in [-0.3, -0.25) is 0 Å². The summed E-state index contributed by atoms with van der Waals surface area (Å²) in [5, 5.41) is 18.3. The smallest absolute Gasteiger partial charge is 0.213 e. The summed E-state index contributed by atoms with van der Waals surface area (Å²) in [5.74, 6) is -1.23. The Balaban J connectivity index is 2.05. The van der Waals surface area contributed by atoms with Crippen molar-refractivity contribution in [1.82, 2.24) is 0 Å². The molecule has 0 saturated heterocycles. The Labute approximate surface area is 93.0 Å². The zero-order valence-electron chi connectivity index (χ0n) is 8.88. The second kappa shape index (κ2) is 3.68. The van der Waals surface area contributed by atoms with Crippen LogP contribution in [0.3, 0.4) is 0 Å². The normalized spacial score (nSPS) is 18.1. The van der Waals surface area contributed by atoms with Crippen molar-refractivity contribution in [2.75, 3.05) is 0 Å². The van der Waals surface area contributed by atoms with Gasteiger partial charge in [0.2, 0.25) is 5.66 Å². The van der Waals surface area contributed by atoms with Crippen molar-refractivity contribution in [3.05, 3.63) is 35.4 Å². The van der Waals surface area contributed by atoms with E-state index in [0.717, 1.165) is 11.1 Å². The lowest BCUT2D eigenvalue weighted by molar-refractivity contribution is -0.307. The standard InChI is InChI=1S/C11H13N3O2/c1-11(13-14-11)8-4-2-7(3-5-8)6-9(12)10(15)16/h2-5,9H,6,12H2,1H3,(H,15,16)/p-1/t9-/m0/s1. The molecular weight excluding hydrogens is 206 g/mol. The van der Waals surface area contributed by atoms with Crippen LogP contribution in [-0.4, -0.2) is 12.0 Å². The van der Waals surface area contributed by atoms with E-state index >= 15 is 0 Å². The topological polar surface area (TPSA) is 90.9 Å². The van der Waals surface area contributed by atoms with Crippen molar-refractivity contribution in [2.45, 2.75) is 25.0 Å². The van der Waals surface area contributed by atoms with Crippen LogP contribution in [0.4, 0.5) is 0 Å². The van der Waals surface area contributed by atoms with Crippen LogP contribution in [0.2, 0.25) is 0 Å². The molecule has 0 aliphatic carbocycles. The minimum Gasteiger partial charge on any atom is -0.548 e. The Kier molecular flexibility index (Phi) is 2.47. The fourth-order valence-electron chi connectivity index (χ4n) is 1.48. The molecule has 0 unspecified atom stereocenters. The van der Waals surface area contributed by atoms with Gasteiger partial charge in [0.05, 0.1) is 5.97 Å². The summed E-state index contributed by atoms with van der Waals surface area (Å²) < 4.78 is 0. The number of carbonyl (C=O) groups is 1. The second-order valence-corrected chi connectivity index (χ2v) is 4.05. The van der Waals surface area contributed by atoms with Gasteiger partial charge < -0.3 is 15.6 Å². The van der Waals surface area contributed by atoms with Crippen LogP contribution in [0.15, 0.2) is 34.5 Å². The number of carboxylic acid groups (broad SMARTS) is 1. The molecule has 1 aliphatic heterocycles. The fourth-order valence-corrected chi connectivity index (χ4v) is 1.48. The molecule has 0 radical (unpaired) electrons. The molecule has 16 heavy (non-hydrogen) atoms. The average Bonchev–Trinajstić information content (AvgIpc) is 2.98. The zero-order valence-corrected chi connectivity index (χ0v) is 8.88. The monoisotopic (exact) mass is 218 g/mol. The van der Waals surface area contributed by atoms with Gasteiger partial charge in [0.1, 0.15) is 0 Å². The van der Waals surface area contributed by atoms with Gasteiger partial charge >= 0.3 is 0 Å². The lowest BCUT2D eigenvalue weighted by Crippen LogP contribution is -2.43. The molecule has 0 fully saturated rings. The maximum atomic E-state index is 10.5. The third kappa shape index (κ3) is 2.09. The summed E-state index contributed by atoms with van der Waals surface area (Å²) in [4.78, 5) is 10.5. The first-order chi connectivity index (χ1) is 7.51. The van der Waals surface area contributed by atoms with E-state index < -0.39 is 17.7 Å². The van der Waals surface area contributed by atoms with E-state index in [9.17, 15) is 9.90 Å². The largest absolute Gasteiger partial charge is 0.548 e. The van der Waals surface area contributed by atoms with Crippen molar-refractivity contribution in [1.29, 1.82) is 0 Å². The van der Waals surface area contributed by atoms with Crippen molar-refractivity contribution < 1.29 is 9.90 Å². The number of hydrogen-bond acceptors (Lipinski definition) is 5. The van der Waals surface area contributed by atoms with Gasteiger partial charge in [-0.15, -0.1) is 0 Å². The number of nitrogens with two attached hydrogens (primary N) is 1. The third-order valence-electron chi connectivity index (χ3n) is 2.66. The fraction of sp³-hybridized carbons (Fsp3) is 0.364. The number of carbonyl (C=O) groups excluding carboxylic acids is 1. The number of benzene rings is 1. The molecule has 0 aromatic heterocycles. The average molecular weight is 218 g/mol. The molecule has 1 aromatic carbocycles. The molecule has 5 nitrogen and oxygen atoms in total. The highest BCUT2D eigenvalue weighted by atomic mass is 16.4. The first-order valence-corrected chi connectivity index (χ1v) is 5.01. The van der Waals surface area contributed by atoms with Crippen LogP contribution in [0.25, 0.3) is 0 Å². The SMILES string of the molecule is CC1(c2ccc(C[C@H](N)C(=O)[O-])cc2)N=N1. The minimum atomic E-state index is -1.23. The maximum absolute atomic E-state index is 10.5. The number of carboxylic acids is 1. The molecule has 0 saturated carbocycles. The molecule has 1 atom stereocenters. The van der Waals surface area contributed by atoms with Crippen LogP contribution in [0.5, 0.6) is 0 Å². The Hall–Kier alpha value is -1.75. The molecule has 1 aliphatic rings. The molecular formula is C11H12N3O2-. The zero-order chi connectivity index (χ0) is 11.8. The minimum absolute atomic E-state index is 0.271. The van der Waals surface area contributed by atoms with E-state index in [1.54, 1.807) is 0 Å². The summed E-state index contributed by atoms with van der Waals surface area (Å²) in [7, 11) is 0. The number of rotatable bonds is 4. The van der Waals surface area contributed by atoms with Gasteiger partial charge in [-0.05, 0) is 18.9 Å². The first kappa shape index (κ1) is 10.8. The van der Waals surface area contributed by atoms with Gasteiger partial charge in [-0.1, -0.05) is 24.3 Å². The highest BCUT2D eigenvalue weighted by Gasteiger charge is 2.35. The predicted molar refractivity (Wildman–Crippen MR) is 55.3 cm³/mol. The summed E-state index contributed by atoms with van der Waals surface area (Å²) in [5.41, 5.74) is 6.86. The molecule has 0 bridgehead atoms. The van der Waals surface area contributed by atoms with Gasteiger partial charge in [0.15, 0.2) is 0 Å². The van der Waals surface area contributed by atoms with Crippen LogP contribution < -0.4 is 10.8 Å². The lowest BCUT2D eigenvalue weighted by Gasteiger charge is -2.13. The summed E-state index contributed by atoms with van der Waals surface area (Å²) in [6.45, 7) is 1.91. The first-order valence-electron chi connectivity index (χ1n) is 5.01. The number of aliphatic carboxylic acids is 1. The molecule has 84 valence electrons. The van der Waals surface area contributed by atoms with E-state index in [1.165, 1.54) is 0 Å². The molecule has 2 N–H and O–H groups in total. The van der Waals surface area contributed by atoms with E-state index in [-0.39, 0.29) is 6.42 Å². The van der Waals surface area contributed by atoms with Crippen molar-refractivity contribution in [3.8, 4) is 0 Å². The van der Waals surface area contributed by atoms with Gasteiger partial charge in [0, 0.05) is 11.6 Å². The number of nitrogens with zero attached hydrogens (tertiary/aromatic N) is 2. The van der Waals surface area contributed by atoms with Gasteiger partial charge in [-0.25, -0.2) is 0 Å². The molecule has 1 heterocycles. The predicted octanol–water partition coefficient (Wildman–Crippen LogP) is -0.0552. The third-order valence-corrected chi connectivity index (χ3v) is 2.66. The molecule has 2 rings (SSSR count). The lowest BCUT2D eigenvalue weighted by atomic mass is 10.0. The van der Waals surface area contributed by atoms with Crippen LogP contribution >= 0.6 is 0 Å². The Morgan fingerprint density at radius 3 is 2.44 bits per heavy atom. The maximum Gasteiger partial charge on any atom is 0.213 e. The van der Waals surface area contributed by atoms with Crippen LogP contribution in [0.1, 0.15) is 18.1 Å². The molecule has 0 amide bonds. The van der Waals surface area contributed by atoms with Crippen molar-refractivity contribution in [3.63, 3.8) is 0 Å². The van der Waals surface area contributed by atoms with E-state index in [1.807, 2.05) is 31.2 Å². The second-order valence-electron chi connectivity index (χ2n) is 4.05. The Morgan fingerprint density at radius 1 is 1.44 bits per heavy atom. The van der Waals surface area contributed by atoms with Crippen molar-refractivity contribution in [2.24, 2.45) is 16.0 Å². The van der Waals surface area contributed by atoms with E-state index in [2.05, 4.69) is 10.2 Å². The summed E-state index contributed by atoms with van der Waals surface area (Å²) >= 11 is 0. The number of hydrogen-bond donors (Lipinski definition) is 1. The molecule has 0 spiro atoms. The van der Waals surface area contributed by atoms with E-state index in [0.29, 0.717) is 0 Å². The Morgan fingerprint density at radius 2 is 2.00 bits per heavy atom. The summed E-state index contributed by atoms with van der Waals surface area (Å²) in [6.07, 6.45) is 0.271. The van der Waals surface area contributed by atoms with Crippen molar-refractivity contribution >= 4 is 5.97 Å². The Bertz CT molecular complexity index is 433. The van der Waals surface area contributed by atoms with Crippen LogP contribution in [0, 0.1) is 0 Å². The van der Waals surface area contributed by atoms with E-state index in [4.69, 9.17) is 5.73 Å². The highest BCUT2D eigenvalue weighted by molar-refractivity contribution is 5.71.